The summed E-state index contributed by atoms with van der Waals surface area (Å²) in [5, 5.41) is 18.5. The lowest BCUT2D eigenvalue weighted by atomic mass is 9.89. The first-order chi connectivity index (χ1) is 11.5. The van der Waals surface area contributed by atoms with Crippen LogP contribution in [0.25, 0.3) is 0 Å². The molecule has 1 unspecified atom stereocenters. The van der Waals surface area contributed by atoms with Crippen LogP contribution in [0.3, 0.4) is 0 Å². The smallest absolute Gasteiger partial charge is 0.207 e. The van der Waals surface area contributed by atoms with Crippen LogP contribution in [0.1, 0.15) is 24.1 Å². The number of aliphatic carboxylic acids is 1. The summed E-state index contributed by atoms with van der Waals surface area (Å²) in [5.74, 6) is 0.457. The van der Waals surface area contributed by atoms with Gasteiger partial charge in [0.15, 0.2) is 5.75 Å². The van der Waals surface area contributed by atoms with E-state index >= 15 is 0 Å². The standard InChI is InChI=1S/C16H13N3O.C2H4O2/c17-9-5-6-13-14(7-9)20-15-8-12(18)10-3-1-2-4-11(10)16(15)19-13;1-2(3)4/h1-8,16,18-19H,17H2;1H3,(H,3,4). The second-order valence-corrected chi connectivity index (χ2v) is 5.52. The first-order valence-electron chi connectivity index (χ1n) is 7.40. The lowest BCUT2D eigenvalue weighted by Gasteiger charge is -2.32. The van der Waals surface area contributed by atoms with Gasteiger partial charge in [-0.25, -0.2) is 0 Å². The van der Waals surface area contributed by atoms with Crippen LogP contribution in [0.2, 0.25) is 0 Å². The van der Waals surface area contributed by atoms with Crippen molar-refractivity contribution in [1.29, 1.82) is 0 Å². The monoisotopic (exact) mass is 323 g/mol. The Labute approximate surface area is 139 Å². The molecule has 0 spiro atoms. The maximum Gasteiger partial charge on any atom is 0.207 e. The Morgan fingerprint density at radius 2 is 2.00 bits per heavy atom. The molecule has 1 aliphatic carbocycles. The Morgan fingerprint density at radius 1 is 1.29 bits per heavy atom. The number of hydrogen-bond acceptors (Lipinski definition) is 5. The van der Waals surface area contributed by atoms with Crippen LogP contribution >= 0.6 is 0 Å². The molecule has 1 aliphatic heterocycles. The van der Waals surface area contributed by atoms with Crippen molar-refractivity contribution >= 4 is 23.1 Å². The average molecular weight is 323 g/mol. The number of allylic oxidation sites excluding steroid dienone is 1. The highest BCUT2D eigenvalue weighted by molar-refractivity contribution is 6.07. The number of carboxylic acid groups (broad SMARTS) is 1. The molecule has 1 atom stereocenters. The van der Waals surface area contributed by atoms with E-state index in [0.717, 1.165) is 41.0 Å². The number of anilines is 2. The van der Waals surface area contributed by atoms with Crippen LogP contribution in [0.5, 0.6) is 5.75 Å². The third-order valence-electron chi connectivity index (χ3n) is 3.70. The van der Waals surface area contributed by atoms with Crippen LogP contribution in [0, 0.1) is 0 Å². The van der Waals surface area contributed by atoms with E-state index in [2.05, 4.69) is 11.4 Å². The number of fused-ring (bicyclic) bond motifs is 4. The molecule has 1 heterocycles. The van der Waals surface area contributed by atoms with Gasteiger partial charge in [0.05, 0.1) is 17.3 Å². The van der Waals surface area contributed by atoms with Gasteiger partial charge in [0, 0.05) is 17.7 Å². The Bertz CT molecular complexity index is 854. The van der Waals surface area contributed by atoms with Gasteiger partial charge in [0.1, 0.15) is 11.8 Å². The van der Waals surface area contributed by atoms with Crippen molar-refractivity contribution in [2.45, 2.75) is 13.0 Å². The van der Waals surface area contributed by atoms with Crippen molar-refractivity contribution in [1.82, 2.24) is 0 Å². The van der Waals surface area contributed by atoms with Gasteiger partial charge < -0.3 is 25.7 Å². The number of ether oxygens (including phenoxy) is 1. The maximum atomic E-state index is 8.89. The van der Waals surface area contributed by atoms with Crippen LogP contribution < -0.4 is 26.3 Å². The minimum atomic E-state index is -1.08. The normalized spacial score (nSPS) is 16.8. The number of carboxylic acids is 1. The molecule has 0 amide bonds. The number of rotatable bonds is 0. The van der Waals surface area contributed by atoms with Crippen molar-refractivity contribution in [2.75, 3.05) is 11.1 Å². The van der Waals surface area contributed by atoms with Crippen molar-refractivity contribution in [3.63, 3.8) is 0 Å². The summed E-state index contributed by atoms with van der Waals surface area (Å²) < 4.78 is 5.96. The SMILES string of the molecule is CC(=O)[O-].Nc1ccc2c(c1)OC1=CC(=[NH2+])c3ccccc3C1N2. The van der Waals surface area contributed by atoms with Gasteiger partial charge in [-0.1, -0.05) is 18.2 Å². The van der Waals surface area contributed by atoms with Gasteiger partial charge in [-0.15, -0.1) is 0 Å². The summed E-state index contributed by atoms with van der Waals surface area (Å²) in [5.41, 5.74) is 10.3. The molecule has 122 valence electrons. The number of carbonyl (C=O) groups excluding carboxylic acids is 1. The van der Waals surface area contributed by atoms with E-state index in [1.165, 1.54) is 0 Å². The lowest BCUT2D eigenvalue weighted by molar-refractivity contribution is -0.302. The molecule has 6 nitrogen and oxygen atoms in total. The highest BCUT2D eigenvalue weighted by Crippen LogP contribution is 2.42. The lowest BCUT2D eigenvalue weighted by Crippen LogP contribution is -2.43. The second-order valence-electron chi connectivity index (χ2n) is 5.52. The number of benzene rings is 2. The van der Waals surface area contributed by atoms with Gasteiger partial charge in [-0.3, -0.25) is 5.41 Å². The predicted octanol–water partition coefficient (Wildman–Crippen LogP) is 0.0163. The van der Waals surface area contributed by atoms with E-state index in [0.29, 0.717) is 5.69 Å². The third-order valence-corrected chi connectivity index (χ3v) is 3.70. The van der Waals surface area contributed by atoms with Gasteiger partial charge in [0.2, 0.25) is 5.71 Å². The van der Waals surface area contributed by atoms with E-state index in [4.69, 9.17) is 25.8 Å². The summed E-state index contributed by atoms with van der Waals surface area (Å²) in [6.45, 7) is 0.972. The topological polar surface area (TPSA) is 113 Å². The fraction of sp³-hybridized carbons (Fsp3) is 0.111. The molecule has 5 N–H and O–H groups in total. The molecule has 2 aromatic carbocycles. The minimum Gasteiger partial charge on any atom is -0.550 e. The number of carbonyl (C=O) groups is 1. The fourth-order valence-electron chi connectivity index (χ4n) is 2.74. The quantitative estimate of drug-likeness (QED) is 0.591. The largest absolute Gasteiger partial charge is 0.550 e. The molecule has 4 rings (SSSR count). The van der Waals surface area contributed by atoms with Gasteiger partial charge in [0.25, 0.3) is 0 Å². The number of hydrogen-bond donors (Lipinski definition) is 3. The van der Waals surface area contributed by atoms with E-state index in [1.54, 1.807) is 0 Å². The second kappa shape index (κ2) is 6.08. The molecule has 0 radical (unpaired) electrons. The molecule has 2 aromatic rings. The van der Waals surface area contributed by atoms with Gasteiger partial charge in [-0.2, -0.15) is 0 Å². The summed E-state index contributed by atoms with van der Waals surface area (Å²) >= 11 is 0. The molecule has 0 saturated heterocycles. The number of nitrogen functional groups attached to an aromatic ring is 1. The summed E-state index contributed by atoms with van der Waals surface area (Å²) in [6, 6.07) is 13.7. The summed E-state index contributed by atoms with van der Waals surface area (Å²) in [7, 11) is 0. The zero-order valence-corrected chi connectivity index (χ0v) is 13.1. The fourth-order valence-corrected chi connectivity index (χ4v) is 2.74. The molecule has 24 heavy (non-hydrogen) atoms. The minimum absolute atomic E-state index is 0.00498. The number of nitrogens with one attached hydrogen (secondary N) is 1. The Kier molecular flexibility index (Phi) is 3.95. The predicted molar refractivity (Wildman–Crippen MR) is 89.1 cm³/mol. The van der Waals surface area contributed by atoms with Gasteiger partial charge in [-0.05, 0) is 30.7 Å². The zero-order valence-electron chi connectivity index (χ0n) is 13.1. The number of nitrogens with two attached hydrogens (primary N) is 2. The highest BCUT2D eigenvalue weighted by Gasteiger charge is 2.33. The molecule has 2 aliphatic rings. The first-order valence-corrected chi connectivity index (χ1v) is 7.40. The maximum absolute atomic E-state index is 8.89. The first kappa shape index (κ1) is 15.6. The van der Waals surface area contributed by atoms with Crippen LogP contribution in [0.15, 0.2) is 54.3 Å². The molecule has 6 heteroatoms. The van der Waals surface area contributed by atoms with E-state index < -0.39 is 5.97 Å². The Balaban J connectivity index is 0.000000383. The van der Waals surface area contributed by atoms with E-state index in [1.807, 2.05) is 42.5 Å². The molecule has 0 aromatic heterocycles. The van der Waals surface area contributed by atoms with Crippen molar-refractivity contribution in [2.24, 2.45) is 0 Å². The Hall–Kier alpha value is -3.28. The molecule has 0 fully saturated rings. The molecular formula is C18H17N3O3. The van der Waals surface area contributed by atoms with E-state index in [-0.39, 0.29) is 6.04 Å². The molecule has 0 saturated carbocycles. The van der Waals surface area contributed by atoms with Crippen LogP contribution in [-0.4, -0.2) is 11.7 Å². The molecule has 0 bridgehead atoms. The van der Waals surface area contributed by atoms with Crippen molar-refractivity contribution in [3.8, 4) is 5.75 Å². The van der Waals surface area contributed by atoms with Crippen LogP contribution in [0.4, 0.5) is 11.4 Å². The van der Waals surface area contributed by atoms with Crippen molar-refractivity contribution < 1.29 is 20.0 Å². The summed E-state index contributed by atoms with van der Waals surface area (Å²) in [4.78, 5) is 8.89. The summed E-state index contributed by atoms with van der Waals surface area (Å²) in [6.07, 6.45) is 1.88. The van der Waals surface area contributed by atoms with Gasteiger partial charge >= 0.3 is 0 Å². The highest BCUT2D eigenvalue weighted by atomic mass is 16.5. The van der Waals surface area contributed by atoms with Crippen LogP contribution in [-0.2, 0) is 4.79 Å². The van der Waals surface area contributed by atoms with E-state index in [9.17, 15) is 0 Å². The zero-order chi connectivity index (χ0) is 17.3. The Morgan fingerprint density at radius 3 is 2.75 bits per heavy atom. The van der Waals surface area contributed by atoms with Crippen molar-refractivity contribution in [3.05, 3.63) is 65.4 Å². The third kappa shape index (κ3) is 2.94. The average Bonchev–Trinajstić information content (AvgIpc) is 2.53. The molecular weight excluding hydrogens is 306 g/mol.